The highest BCUT2D eigenvalue weighted by atomic mass is 16.7. The SMILES string of the molecule is CC(=O)CC(=[N+]=[N-])C(NC(=O)OC(C)OC(=O)C(C)(C)C)C(=O)[O-].CC[NH+](CC)CC. The third kappa shape index (κ3) is 14.0. The number of esters is 1. The average molecular weight is 445 g/mol. The van der Waals surface area contributed by atoms with Crippen molar-refractivity contribution >= 4 is 29.5 Å². The number of carboxylic acid groups (broad SMARTS) is 1. The fourth-order valence-electron chi connectivity index (χ4n) is 2.13. The molecule has 0 aliphatic heterocycles. The maximum Gasteiger partial charge on any atom is 0.411 e. The molecule has 2 atom stereocenters. The van der Waals surface area contributed by atoms with E-state index in [-0.39, 0.29) is 0 Å². The number of Topliss-reactive ketones (excluding diaryl/α,β-unsaturated/α-hetero) is 1. The van der Waals surface area contributed by atoms with Gasteiger partial charge in [0.05, 0.1) is 31.0 Å². The zero-order chi connectivity index (χ0) is 24.8. The quantitative estimate of drug-likeness (QED) is 0.149. The minimum atomic E-state index is -1.88. The third-order valence-electron chi connectivity index (χ3n) is 4.05. The number of ether oxygens (including phenoxy) is 2. The summed E-state index contributed by atoms with van der Waals surface area (Å²) in [5.74, 6) is -2.93. The van der Waals surface area contributed by atoms with Gasteiger partial charge in [-0.15, -0.1) is 0 Å². The molecule has 178 valence electrons. The second-order valence-corrected chi connectivity index (χ2v) is 7.81. The van der Waals surface area contributed by atoms with Crippen LogP contribution in [0.15, 0.2) is 0 Å². The third-order valence-corrected chi connectivity index (χ3v) is 4.05. The van der Waals surface area contributed by atoms with Gasteiger partial charge in [0.15, 0.2) is 6.04 Å². The van der Waals surface area contributed by atoms with Crippen molar-refractivity contribution < 1.29 is 43.4 Å². The van der Waals surface area contributed by atoms with Gasteiger partial charge < -0.3 is 35.1 Å². The molecule has 0 spiro atoms. The van der Waals surface area contributed by atoms with Gasteiger partial charge in [-0.05, 0) is 48.5 Å². The second kappa shape index (κ2) is 15.1. The number of rotatable bonds is 10. The van der Waals surface area contributed by atoms with Crippen molar-refractivity contribution in [2.45, 2.75) is 74.1 Å². The molecule has 11 nitrogen and oxygen atoms in total. The van der Waals surface area contributed by atoms with Crippen molar-refractivity contribution in [2.24, 2.45) is 5.41 Å². The lowest BCUT2D eigenvalue weighted by Gasteiger charge is -2.22. The van der Waals surface area contributed by atoms with Gasteiger partial charge >= 0.3 is 17.8 Å². The Labute approximate surface area is 183 Å². The Balaban J connectivity index is 0. The van der Waals surface area contributed by atoms with E-state index in [1.165, 1.54) is 26.6 Å². The number of hydrogen-bond acceptors (Lipinski definition) is 7. The maximum absolute atomic E-state index is 11.7. The summed E-state index contributed by atoms with van der Waals surface area (Å²) in [7, 11) is 0. The van der Waals surface area contributed by atoms with Crippen LogP contribution in [-0.2, 0) is 23.9 Å². The second-order valence-electron chi connectivity index (χ2n) is 7.81. The maximum atomic E-state index is 11.7. The lowest BCUT2D eigenvalue weighted by molar-refractivity contribution is -0.894. The van der Waals surface area contributed by atoms with E-state index in [0.717, 1.165) is 6.92 Å². The standard InChI is InChI=1S/C14H21N3O7.C6H15N/c1-7(18)6-9(17-15)10(11(19)20)16-13(22)24-8(2)23-12(21)14(3,4)5;1-4-7(5-2)6-3/h8,10H,6H2,1-5H3,(H,16,22)(H,19,20);4-6H2,1-3H3. The normalized spacial score (nSPS) is 12.4. The molecule has 0 fully saturated rings. The molecule has 11 heteroatoms. The van der Waals surface area contributed by atoms with Crippen molar-refractivity contribution in [3.8, 4) is 0 Å². The average Bonchev–Trinajstić information content (AvgIpc) is 2.65. The molecule has 0 radical (unpaired) electrons. The molecule has 0 bridgehead atoms. The van der Waals surface area contributed by atoms with Crippen LogP contribution in [0.4, 0.5) is 4.79 Å². The number of ketones is 1. The van der Waals surface area contributed by atoms with Gasteiger partial charge in [-0.25, -0.2) is 4.79 Å². The van der Waals surface area contributed by atoms with Gasteiger partial charge in [-0.1, -0.05) is 0 Å². The molecule has 0 aliphatic carbocycles. The fraction of sp³-hybridized carbons (Fsp3) is 0.750. The van der Waals surface area contributed by atoms with Gasteiger partial charge in [0.2, 0.25) is 6.29 Å². The summed E-state index contributed by atoms with van der Waals surface area (Å²) in [4.78, 5) is 49.7. The number of quaternary nitrogens is 1. The summed E-state index contributed by atoms with van der Waals surface area (Å²) in [5, 5.41) is 12.9. The number of carbonyl (C=O) groups is 4. The Kier molecular flexibility index (Phi) is 14.8. The highest BCUT2D eigenvalue weighted by Crippen LogP contribution is 2.16. The van der Waals surface area contributed by atoms with Gasteiger partial charge in [-0.3, -0.25) is 9.59 Å². The van der Waals surface area contributed by atoms with Gasteiger partial charge in [0.1, 0.15) is 12.2 Å². The summed E-state index contributed by atoms with van der Waals surface area (Å²) in [6, 6.07) is -1.88. The fourth-order valence-corrected chi connectivity index (χ4v) is 2.13. The van der Waals surface area contributed by atoms with Crippen LogP contribution in [0.2, 0.25) is 0 Å². The number of amides is 1. The van der Waals surface area contributed by atoms with Crippen molar-refractivity contribution in [1.82, 2.24) is 5.32 Å². The lowest BCUT2D eigenvalue weighted by Crippen LogP contribution is -3.11. The molecule has 31 heavy (non-hydrogen) atoms. The number of hydrogen-bond donors (Lipinski definition) is 2. The van der Waals surface area contributed by atoms with Crippen molar-refractivity contribution in [3.63, 3.8) is 0 Å². The summed E-state index contributed by atoms with van der Waals surface area (Å²) in [5.41, 5.74) is 7.43. The first-order valence-electron chi connectivity index (χ1n) is 10.2. The molecule has 0 saturated carbocycles. The summed E-state index contributed by atoms with van der Waals surface area (Å²) in [6.45, 7) is 17.7. The molecule has 0 aliphatic rings. The molecular formula is C20H36N4O7. The first kappa shape index (κ1) is 30.4. The number of nitrogens with one attached hydrogen (secondary N) is 2. The number of aliphatic carboxylic acids is 1. The molecule has 0 heterocycles. The van der Waals surface area contributed by atoms with E-state index in [9.17, 15) is 24.3 Å². The van der Waals surface area contributed by atoms with Crippen LogP contribution in [0.3, 0.4) is 0 Å². The Bertz CT molecular complexity index is 657. The van der Waals surface area contributed by atoms with E-state index in [2.05, 4.69) is 25.6 Å². The molecule has 0 aromatic carbocycles. The van der Waals surface area contributed by atoms with E-state index in [1.54, 1.807) is 25.7 Å². The van der Waals surface area contributed by atoms with Crippen LogP contribution in [0.25, 0.3) is 5.53 Å². The number of carbonyl (C=O) groups excluding carboxylic acids is 4. The van der Waals surface area contributed by atoms with E-state index in [1.807, 2.05) is 5.32 Å². The molecular weight excluding hydrogens is 408 g/mol. The first-order chi connectivity index (χ1) is 14.2. The van der Waals surface area contributed by atoms with E-state index >= 15 is 0 Å². The minimum absolute atomic E-state index is 0.489. The van der Waals surface area contributed by atoms with Gasteiger partial charge in [-0.2, -0.15) is 4.79 Å². The number of nitrogens with zero attached hydrogens (tertiary/aromatic N) is 2. The van der Waals surface area contributed by atoms with Crippen molar-refractivity contribution in [3.05, 3.63) is 5.53 Å². The van der Waals surface area contributed by atoms with Crippen LogP contribution in [0.1, 0.15) is 61.8 Å². The topological polar surface area (TPSA) is 163 Å². The van der Waals surface area contributed by atoms with E-state index < -0.39 is 53.7 Å². The monoisotopic (exact) mass is 444 g/mol. The Morgan fingerprint density at radius 1 is 1.06 bits per heavy atom. The molecule has 1 amide bonds. The van der Waals surface area contributed by atoms with Crippen LogP contribution >= 0.6 is 0 Å². The van der Waals surface area contributed by atoms with Crippen LogP contribution in [0, 0.1) is 5.41 Å². The van der Waals surface area contributed by atoms with Crippen LogP contribution < -0.4 is 15.3 Å². The number of alkyl carbamates (subject to hydrolysis) is 1. The largest absolute Gasteiger partial charge is 0.547 e. The van der Waals surface area contributed by atoms with Crippen molar-refractivity contribution in [1.29, 1.82) is 0 Å². The lowest BCUT2D eigenvalue weighted by atomic mass is 9.97. The smallest absolute Gasteiger partial charge is 0.411 e. The molecule has 2 N–H and O–H groups in total. The minimum Gasteiger partial charge on any atom is -0.547 e. The van der Waals surface area contributed by atoms with E-state index in [0.29, 0.717) is 0 Å². The summed E-state index contributed by atoms with van der Waals surface area (Å²) < 4.78 is 9.55. The van der Waals surface area contributed by atoms with E-state index in [4.69, 9.17) is 15.0 Å². The molecule has 0 saturated heterocycles. The van der Waals surface area contributed by atoms with Crippen LogP contribution in [-0.4, -0.2) is 66.3 Å². The molecule has 0 aromatic heterocycles. The van der Waals surface area contributed by atoms with Gasteiger partial charge in [0, 0.05) is 6.92 Å². The first-order valence-corrected chi connectivity index (χ1v) is 10.2. The molecule has 0 aromatic rings. The Hall–Kier alpha value is -2.78. The highest BCUT2D eigenvalue weighted by molar-refractivity contribution is 6.10. The zero-order valence-corrected chi connectivity index (χ0v) is 19.7. The molecule has 2 unspecified atom stereocenters. The molecule has 0 rings (SSSR count). The predicted octanol–water partition coefficient (Wildman–Crippen LogP) is -0.653. The zero-order valence-electron chi connectivity index (χ0n) is 19.7. The van der Waals surface area contributed by atoms with Crippen LogP contribution in [0.5, 0.6) is 0 Å². The summed E-state index contributed by atoms with van der Waals surface area (Å²) >= 11 is 0. The Morgan fingerprint density at radius 3 is 1.84 bits per heavy atom. The number of carboxylic acids is 1. The Morgan fingerprint density at radius 2 is 1.55 bits per heavy atom. The summed E-state index contributed by atoms with van der Waals surface area (Å²) in [6.07, 6.45) is -3.06. The predicted molar refractivity (Wildman–Crippen MR) is 110 cm³/mol. The van der Waals surface area contributed by atoms with Gasteiger partial charge in [0.25, 0.3) is 0 Å². The highest BCUT2D eigenvalue weighted by Gasteiger charge is 2.30. The van der Waals surface area contributed by atoms with Crippen molar-refractivity contribution in [2.75, 3.05) is 19.6 Å².